The second kappa shape index (κ2) is 19.4. The van der Waals surface area contributed by atoms with Crippen LogP contribution in [0.4, 0.5) is 0 Å². The van der Waals surface area contributed by atoms with Gasteiger partial charge in [-0.1, -0.05) is 128 Å². The number of ether oxygens (including phenoxy) is 9. The Morgan fingerprint density at radius 3 is 1.84 bits per heavy atom. The molecule has 4 fully saturated rings. The predicted octanol–water partition coefficient (Wildman–Crippen LogP) is 6.93. The summed E-state index contributed by atoms with van der Waals surface area (Å²) in [6.07, 6.45) is -3.48. The van der Waals surface area contributed by atoms with E-state index in [2.05, 4.69) is 0 Å². The van der Waals surface area contributed by atoms with E-state index in [9.17, 15) is 9.90 Å². The van der Waals surface area contributed by atoms with E-state index in [0.29, 0.717) is 12.2 Å². The molecule has 1 saturated carbocycles. The number of aliphatic hydroxyl groups excluding tert-OH is 1. The van der Waals surface area contributed by atoms with Crippen molar-refractivity contribution < 1.29 is 52.5 Å². The van der Waals surface area contributed by atoms with E-state index in [1.165, 1.54) is 0 Å². The van der Waals surface area contributed by atoms with Crippen LogP contribution in [0.2, 0.25) is 0 Å². The average molecular weight is 795 g/mol. The van der Waals surface area contributed by atoms with Gasteiger partial charge in [-0.15, -0.1) is 0 Å². The molecule has 11 nitrogen and oxygen atoms in total. The second-order valence-corrected chi connectivity index (χ2v) is 15.7. The summed E-state index contributed by atoms with van der Waals surface area (Å²) in [6.45, 7) is 3.11. The van der Waals surface area contributed by atoms with E-state index in [1.807, 2.05) is 104 Å². The molecule has 308 valence electrons. The van der Waals surface area contributed by atoms with Crippen molar-refractivity contribution in [2.24, 2.45) is 0 Å². The van der Waals surface area contributed by atoms with Crippen LogP contribution in [0.15, 0.2) is 121 Å². The maximum Gasteiger partial charge on any atom is 0.338 e. The van der Waals surface area contributed by atoms with Crippen LogP contribution in [0, 0.1) is 0 Å². The molecular formula is C47H54O11. The Morgan fingerprint density at radius 2 is 1.24 bits per heavy atom. The molecule has 1 spiro atoms. The zero-order valence-electron chi connectivity index (χ0n) is 32.9. The molecule has 11 heteroatoms. The molecule has 4 aromatic rings. The number of hydrogen-bond donors (Lipinski definition) is 1. The Bertz CT molecular complexity index is 1840. The molecular weight excluding hydrogens is 741 g/mol. The summed E-state index contributed by atoms with van der Waals surface area (Å²) in [4.78, 5) is 13.9. The number of benzene rings is 4. The number of rotatable bonds is 16. The van der Waals surface area contributed by atoms with Crippen molar-refractivity contribution >= 4 is 5.97 Å². The van der Waals surface area contributed by atoms with Crippen molar-refractivity contribution in [2.75, 3.05) is 13.2 Å². The van der Waals surface area contributed by atoms with Crippen molar-refractivity contribution in [2.45, 2.75) is 126 Å². The van der Waals surface area contributed by atoms with Gasteiger partial charge in [-0.2, -0.15) is 0 Å². The second-order valence-electron chi connectivity index (χ2n) is 15.7. The molecule has 1 N–H and O–H groups in total. The van der Waals surface area contributed by atoms with Gasteiger partial charge in [-0.3, -0.25) is 0 Å². The van der Waals surface area contributed by atoms with Crippen molar-refractivity contribution in [3.63, 3.8) is 0 Å². The topological polar surface area (TPSA) is 124 Å². The minimum Gasteiger partial charge on any atom is -0.450 e. The van der Waals surface area contributed by atoms with E-state index in [-0.39, 0.29) is 32.5 Å². The molecule has 3 heterocycles. The highest BCUT2D eigenvalue weighted by Crippen LogP contribution is 2.46. The Kier molecular flexibility index (Phi) is 13.6. The number of hydrogen-bond acceptors (Lipinski definition) is 11. The van der Waals surface area contributed by atoms with Crippen LogP contribution >= 0.6 is 0 Å². The van der Waals surface area contributed by atoms with Gasteiger partial charge in [0.15, 0.2) is 24.3 Å². The molecule has 10 atom stereocenters. The third kappa shape index (κ3) is 9.88. The van der Waals surface area contributed by atoms with Gasteiger partial charge in [0.05, 0.1) is 50.8 Å². The van der Waals surface area contributed by atoms with Gasteiger partial charge in [0.25, 0.3) is 0 Å². The highest BCUT2D eigenvalue weighted by Gasteiger charge is 2.67. The van der Waals surface area contributed by atoms with Crippen molar-refractivity contribution in [1.82, 2.24) is 0 Å². The van der Waals surface area contributed by atoms with Crippen LogP contribution in [0.25, 0.3) is 0 Å². The lowest BCUT2D eigenvalue weighted by atomic mass is 9.88. The normalized spacial score (nSPS) is 31.2. The summed E-state index contributed by atoms with van der Waals surface area (Å²) in [7, 11) is 0. The van der Waals surface area contributed by atoms with E-state index in [4.69, 9.17) is 42.6 Å². The summed E-state index contributed by atoms with van der Waals surface area (Å²) < 4.78 is 58.8. The lowest BCUT2D eigenvalue weighted by molar-refractivity contribution is -0.364. The highest BCUT2D eigenvalue weighted by atomic mass is 16.8. The Hall–Kier alpha value is -4.01. The monoisotopic (exact) mass is 794 g/mol. The SMILES string of the molecule is C[C@@H]1O[C@@H](OC2CCCCC2)[C@H](OC(=O)c2ccccc2)[C@H](O[C@H]2O[C@H](COCc3ccccc3)[C@@H](OCc3ccccc3)[C@@]3(CO3)[C@@H]2O)[C@H]1OCc1ccccc1. The largest absolute Gasteiger partial charge is 0.450 e. The number of carbonyl (C=O) groups excluding carboxylic acids is 1. The molecule has 4 aliphatic rings. The minimum absolute atomic E-state index is 0.0837. The number of epoxide rings is 1. The molecule has 0 unspecified atom stereocenters. The third-order valence-corrected chi connectivity index (χ3v) is 11.5. The van der Waals surface area contributed by atoms with Crippen LogP contribution in [0.1, 0.15) is 66.1 Å². The Labute approximate surface area is 340 Å². The van der Waals surface area contributed by atoms with Gasteiger partial charge >= 0.3 is 5.97 Å². The summed E-state index contributed by atoms with van der Waals surface area (Å²) >= 11 is 0. The minimum atomic E-state index is -1.28. The van der Waals surface area contributed by atoms with Gasteiger partial charge in [0, 0.05) is 0 Å². The summed E-state index contributed by atoms with van der Waals surface area (Å²) in [5, 5.41) is 12.2. The maximum atomic E-state index is 13.9. The summed E-state index contributed by atoms with van der Waals surface area (Å²) in [5.41, 5.74) is 2.15. The van der Waals surface area contributed by atoms with Crippen LogP contribution in [-0.2, 0) is 62.5 Å². The standard InChI is InChI=1S/C47H54O11/c1-32-39(51-28-34-19-9-3-10-20-34)40(41(57-44(49)36-23-13-5-14-24-36)45(54-32)55-37-25-15-6-16-26-37)58-46-42(48)47(31-53-47)43(52-29-35-21-11-4-12-22-35)38(56-46)30-50-27-33-17-7-2-8-18-33/h2-5,7-14,17-24,32,37-43,45-46,48H,6,15-16,25-31H2,1H3/t32-,38+,39-,40+,41+,42+,43+,45-,46+,47+/m0/s1. The molecule has 0 bridgehead atoms. The van der Waals surface area contributed by atoms with Crippen molar-refractivity contribution in [3.8, 4) is 0 Å². The van der Waals surface area contributed by atoms with E-state index < -0.39 is 66.9 Å². The molecule has 0 aromatic heterocycles. The zero-order valence-corrected chi connectivity index (χ0v) is 32.9. The molecule has 3 saturated heterocycles. The lowest BCUT2D eigenvalue weighted by Gasteiger charge is -2.49. The molecule has 4 aromatic carbocycles. The van der Waals surface area contributed by atoms with Crippen LogP contribution in [0.5, 0.6) is 0 Å². The molecule has 0 amide bonds. The van der Waals surface area contributed by atoms with Gasteiger partial charge < -0.3 is 47.7 Å². The molecule has 1 aliphatic carbocycles. The Morgan fingerprint density at radius 1 is 0.672 bits per heavy atom. The first kappa shape index (κ1) is 40.8. The first-order valence-electron chi connectivity index (χ1n) is 20.6. The van der Waals surface area contributed by atoms with Crippen LogP contribution in [-0.4, -0.2) is 91.3 Å². The van der Waals surface area contributed by atoms with Gasteiger partial charge in [-0.25, -0.2) is 4.79 Å². The smallest absolute Gasteiger partial charge is 0.338 e. The summed E-state index contributed by atoms with van der Waals surface area (Å²) in [5.74, 6) is -0.565. The number of aliphatic hydroxyl groups is 1. The Balaban J connectivity index is 1.10. The fraction of sp³-hybridized carbons (Fsp3) is 0.468. The van der Waals surface area contributed by atoms with Crippen molar-refractivity contribution in [3.05, 3.63) is 144 Å². The summed E-state index contributed by atoms with van der Waals surface area (Å²) in [6, 6.07) is 38.3. The van der Waals surface area contributed by atoms with Crippen LogP contribution < -0.4 is 0 Å². The highest BCUT2D eigenvalue weighted by molar-refractivity contribution is 5.89. The van der Waals surface area contributed by atoms with Gasteiger partial charge in [0.1, 0.15) is 30.5 Å². The predicted molar refractivity (Wildman–Crippen MR) is 212 cm³/mol. The first-order chi connectivity index (χ1) is 28.5. The third-order valence-electron chi connectivity index (χ3n) is 11.5. The van der Waals surface area contributed by atoms with Gasteiger partial charge in [-0.05, 0) is 48.6 Å². The molecule has 58 heavy (non-hydrogen) atoms. The number of carbonyl (C=O) groups is 1. The lowest BCUT2D eigenvalue weighted by Crippen LogP contribution is -2.66. The van der Waals surface area contributed by atoms with Crippen LogP contribution in [0.3, 0.4) is 0 Å². The quantitative estimate of drug-likeness (QED) is 0.0938. The van der Waals surface area contributed by atoms with Crippen molar-refractivity contribution in [1.29, 1.82) is 0 Å². The zero-order chi connectivity index (χ0) is 39.7. The van der Waals surface area contributed by atoms with Gasteiger partial charge in [0.2, 0.25) is 0 Å². The first-order valence-corrected chi connectivity index (χ1v) is 20.6. The molecule has 8 rings (SSSR count). The average Bonchev–Trinajstić information content (AvgIpc) is 4.06. The van der Waals surface area contributed by atoms with E-state index >= 15 is 0 Å². The molecule has 3 aliphatic heterocycles. The fourth-order valence-electron chi connectivity index (χ4n) is 8.23. The maximum absolute atomic E-state index is 13.9. The van der Waals surface area contributed by atoms with E-state index in [1.54, 1.807) is 24.3 Å². The number of esters is 1. The molecule has 0 radical (unpaired) electrons. The van der Waals surface area contributed by atoms with E-state index in [0.717, 1.165) is 48.8 Å². The fourth-order valence-corrected chi connectivity index (χ4v) is 8.23.